The average molecular weight is 639 g/mol. The number of halogens is 3. The van der Waals surface area contributed by atoms with E-state index in [0.29, 0.717) is 32.7 Å². The molecular formula is C30H34Cl3N3O4S. The lowest BCUT2D eigenvalue weighted by molar-refractivity contribution is -0.139. The molecule has 0 aliphatic carbocycles. The first-order valence-electron chi connectivity index (χ1n) is 13.2. The summed E-state index contributed by atoms with van der Waals surface area (Å²) in [5.41, 5.74) is 2.08. The molecule has 0 fully saturated rings. The summed E-state index contributed by atoms with van der Waals surface area (Å²) < 4.78 is 29.0. The zero-order valence-electron chi connectivity index (χ0n) is 23.5. The van der Waals surface area contributed by atoms with E-state index in [4.69, 9.17) is 34.8 Å². The summed E-state index contributed by atoms with van der Waals surface area (Å²) >= 11 is 19.2. The van der Waals surface area contributed by atoms with Gasteiger partial charge >= 0.3 is 0 Å². The van der Waals surface area contributed by atoms with Crippen molar-refractivity contribution in [3.8, 4) is 0 Å². The summed E-state index contributed by atoms with van der Waals surface area (Å²) in [7, 11) is -4.22. The molecule has 0 aliphatic rings. The van der Waals surface area contributed by atoms with Gasteiger partial charge in [-0.15, -0.1) is 0 Å². The lowest BCUT2D eigenvalue weighted by Gasteiger charge is -2.33. The minimum Gasteiger partial charge on any atom is -0.354 e. The van der Waals surface area contributed by atoms with Gasteiger partial charge in [0.25, 0.3) is 10.0 Å². The van der Waals surface area contributed by atoms with E-state index in [2.05, 4.69) is 5.32 Å². The summed E-state index contributed by atoms with van der Waals surface area (Å²) in [6, 6.07) is 15.2. The first-order valence-corrected chi connectivity index (χ1v) is 15.8. The van der Waals surface area contributed by atoms with E-state index in [1.807, 2.05) is 13.8 Å². The Bertz CT molecular complexity index is 1480. The summed E-state index contributed by atoms with van der Waals surface area (Å²) in [5, 5.41) is 3.84. The van der Waals surface area contributed by atoms with E-state index >= 15 is 0 Å². The molecule has 0 bridgehead atoms. The van der Waals surface area contributed by atoms with Crippen LogP contribution >= 0.6 is 34.8 Å². The molecule has 3 aromatic carbocycles. The number of nitrogens with one attached hydrogen (secondary N) is 1. The van der Waals surface area contributed by atoms with Crippen LogP contribution in [0.15, 0.2) is 65.6 Å². The Morgan fingerprint density at radius 3 is 2.10 bits per heavy atom. The minimum absolute atomic E-state index is 0.0151. The van der Waals surface area contributed by atoms with Crippen molar-refractivity contribution in [1.82, 2.24) is 10.2 Å². The number of unbranched alkanes of at least 4 members (excludes halogenated alkanes) is 1. The van der Waals surface area contributed by atoms with Crippen LogP contribution in [-0.2, 0) is 26.2 Å². The zero-order chi connectivity index (χ0) is 30.3. The Balaban J connectivity index is 2.08. The summed E-state index contributed by atoms with van der Waals surface area (Å²) in [6.07, 6.45) is 1.66. The number of nitrogens with zero attached hydrogens (tertiary/aromatic N) is 2. The number of hydrogen-bond acceptors (Lipinski definition) is 4. The molecule has 0 radical (unpaired) electrons. The second-order valence-electron chi connectivity index (χ2n) is 9.75. The molecule has 1 N–H and O–H groups in total. The minimum atomic E-state index is -4.22. The van der Waals surface area contributed by atoms with Gasteiger partial charge in [0.2, 0.25) is 11.8 Å². The maximum absolute atomic E-state index is 14.1. The second kappa shape index (κ2) is 14.4. The van der Waals surface area contributed by atoms with Crippen LogP contribution in [0.2, 0.25) is 15.1 Å². The molecule has 11 heteroatoms. The highest BCUT2D eigenvalue weighted by molar-refractivity contribution is 7.92. The Hall–Kier alpha value is -2.78. The fourth-order valence-corrected chi connectivity index (χ4v) is 6.35. The lowest BCUT2D eigenvalue weighted by Crippen LogP contribution is -2.51. The van der Waals surface area contributed by atoms with Crippen molar-refractivity contribution >= 4 is 62.3 Å². The van der Waals surface area contributed by atoms with Crippen LogP contribution in [0.1, 0.15) is 43.4 Å². The van der Waals surface area contributed by atoms with Crippen molar-refractivity contribution in [2.75, 3.05) is 17.4 Å². The molecule has 0 saturated carbocycles. The Morgan fingerprint density at radius 1 is 0.902 bits per heavy atom. The fraction of sp³-hybridized carbons (Fsp3) is 0.333. The molecule has 3 rings (SSSR count). The quantitative estimate of drug-likeness (QED) is 0.221. The number of aryl methyl sites for hydroxylation is 1. The van der Waals surface area contributed by atoms with Crippen molar-refractivity contribution in [2.45, 2.75) is 58.0 Å². The largest absolute Gasteiger partial charge is 0.354 e. The van der Waals surface area contributed by atoms with E-state index in [-0.39, 0.29) is 23.0 Å². The molecule has 7 nitrogen and oxygen atoms in total. The van der Waals surface area contributed by atoms with Gasteiger partial charge in [-0.05, 0) is 69.2 Å². The predicted molar refractivity (Wildman–Crippen MR) is 166 cm³/mol. The summed E-state index contributed by atoms with van der Waals surface area (Å²) in [5.74, 6) is -0.990. The molecule has 41 heavy (non-hydrogen) atoms. The van der Waals surface area contributed by atoms with Crippen LogP contribution in [0.4, 0.5) is 5.69 Å². The number of amides is 2. The number of rotatable bonds is 12. The van der Waals surface area contributed by atoms with Crippen LogP contribution in [0, 0.1) is 13.8 Å². The summed E-state index contributed by atoms with van der Waals surface area (Å²) in [6.45, 7) is 6.89. The van der Waals surface area contributed by atoms with Crippen LogP contribution in [-0.4, -0.2) is 44.3 Å². The molecule has 1 atom stereocenters. The molecule has 0 aliphatic heterocycles. The van der Waals surface area contributed by atoms with Crippen LogP contribution < -0.4 is 9.62 Å². The molecule has 2 amide bonds. The SMILES string of the molecule is CCCCNC(=O)[C@@H](C)N(Cc1c(Cl)cccc1Cl)C(=O)CN(c1cccc(Cl)c1C)S(=O)(=O)c1ccc(C)cc1. The third-order valence-corrected chi connectivity index (χ3v) is 9.67. The first-order chi connectivity index (χ1) is 19.4. The van der Waals surface area contributed by atoms with Crippen LogP contribution in [0.25, 0.3) is 0 Å². The van der Waals surface area contributed by atoms with E-state index in [0.717, 1.165) is 22.7 Å². The van der Waals surface area contributed by atoms with E-state index in [9.17, 15) is 18.0 Å². The lowest BCUT2D eigenvalue weighted by atomic mass is 10.1. The van der Waals surface area contributed by atoms with Crippen molar-refractivity contribution in [3.05, 3.63) is 92.4 Å². The highest BCUT2D eigenvalue weighted by atomic mass is 35.5. The monoisotopic (exact) mass is 637 g/mol. The molecule has 0 heterocycles. The van der Waals surface area contributed by atoms with Gasteiger partial charge in [0.15, 0.2) is 0 Å². The molecular weight excluding hydrogens is 605 g/mol. The average Bonchev–Trinajstić information content (AvgIpc) is 2.93. The molecule has 220 valence electrons. The van der Waals surface area contributed by atoms with Crippen LogP contribution in [0.5, 0.6) is 0 Å². The van der Waals surface area contributed by atoms with Crippen molar-refractivity contribution in [2.24, 2.45) is 0 Å². The van der Waals surface area contributed by atoms with Gasteiger partial charge in [-0.2, -0.15) is 0 Å². The third kappa shape index (κ3) is 7.95. The van der Waals surface area contributed by atoms with E-state index in [1.54, 1.807) is 62.4 Å². The van der Waals surface area contributed by atoms with Gasteiger partial charge in [0, 0.05) is 33.7 Å². The Kier molecular flexibility index (Phi) is 11.5. The molecule has 3 aromatic rings. The topological polar surface area (TPSA) is 86.8 Å². The standard InChI is InChI=1S/C30H34Cl3N3O4S/c1-5-6-17-34-30(38)22(4)35(18-24-26(32)10-7-11-27(24)33)29(37)19-36(28-12-8-9-25(31)21(28)3)41(39,40)23-15-13-20(2)14-16-23/h7-16,22H,5-6,17-19H2,1-4H3,(H,34,38)/t22-/m1/s1. The van der Waals surface area contributed by atoms with Crippen LogP contribution in [0.3, 0.4) is 0 Å². The maximum atomic E-state index is 14.1. The number of carbonyl (C=O) groups is 2. The van der Waals surface area contributed by atoms with Gasteiger partial charge < -0.3 is 10.2 Å². The van der Waals surface area contributed by atoms with Gasteiger partial charge in [0.1, 0.15) is 12.6 Å². The predicted octanol–water partition coefficient (Wildman–Crippen LogP) is 6.79. The number of benzene rings is 3. The molecule has 0 unspecified atom stereocenters. The molecule has 0 spiro atoms. The van der Waals surface area contributed by atoms with Crippen molar-refractivity contribution in [1.29, 1.82) is 0 Å². The van der Waals surface area contributed by atoms with E-state index < -0.39 is 28.5 Å². The third-order valence-electron chi connectivity index (χ3n) is 6.78. The highest BCUT2D eigenvalue weighted by Crippen LogP contribution is 2.32. The number of hydrogen-bond donors (Lipinski definition) is 1. The Labute approximate surface area is 257 Å². The number of carbonyl (C=O) groups excluding carboxylic acids is 2. The van der Waals surface area contributed by atoms with E-state index in [1.165, 1.54) is 17.0 Å². The normalized spacial score (nSPS) is 12.1. The van der Waals surface area contributed by atoms with Gasteiger partial charge in [0.05, 0.1) is 10.6 Å². The number of sulfonamides is 1. The van der Waals surface area contributed by atoms with Crippen molar-refractivity contribution in [3.63, 3.8) is 0 Å². The highest BCUT2D eigenvalue weighted by Gasteiger charge is 2.33. The zero-order valence-corrected chi connectivity index (χ0v) is 26.5. The smallest absolute Gasteiger partial charge is 0.264 e. The second-order valence-corrected chi connectivity index (χ2v) is 12.8. The van der Waals surface area contributed by atoms with Gasteiger partial charge in [-0.25, -0.2) is 8.42 Å². The number of anilines is 1. The first kappa shape index (κ1) is 32.7. The van der Waals surface area contributed by atoms with Gasteiger partial charge in [-0.3, -0.25) is 13.9 Å². The maximum Gasteiger partial charge on any atom is 0.264 e. The van der Waals surface area contributed by atoms with Gasteiger partial charge in [-0.1, -0.05) is 78.0 Å². The Morgan fingerprint density at radius 2 is 1.49 bits per heavy atom. The van der Waals surface area contributed by atoms with Crippen molar-refractivity contribution < 1.29 is 18.0 Å². The molecule has 0 saturated heterocycles. The fourth-order valence-electron chi connectivity index (χ4n) is 4.19. The summed E-state index contributed by atoms with van der Waals surface area (Å²) in [4.78, 5) is 28.5. The molecule has 0 aromatic heterocycles.